The average molecular weight is 761 g/mol. The monoisotopic (exact) mass is 760 g/mol. The molecule has 58 heavy (non-hydrogen) atoms. The fourth-order valence-electron chi connectivity index (χ4n) is 9.13. The van der Waals surface area contributed by atoms with Crippen molar-refractivity contribution in [3.8, 4) is 22.3 Å². The molecule has 0 atom stereocenters. The third-order valence-electron chi connectivity index (χ3n) is 12.0. The van der Waals surface area contributed by atoms with E-state index >= 15 is 0 Å². The molecule has 0 unspecified atom stereocenters. The summed E-state index contributed by atoms with van der Waals surface area (Å²) in [5, 5.41) is 5.08. The van der Waals surface area contributed by atoms with Crippen LogP contribution in [0.2, 0.25) is 0 Å². The summed E-state index contributed by atoms with van der Waals surface area (Å²) in [5.74, 6) is 0. The van der Waals surface area contributed by atoms with E-state index in [9.17, 15) is 0 Å². The fourth-order valence-corrected chi connectivity index (χ4v) is 10.3. The van der Waals surface area contributed by atoms with Gasteiger partial charge in [0.15, 0.2) is 0 Å². The standard InChI is InChI=1S/C55H40N2S/c1-55(2)50-34-42(56(41-26-24-38(25-27-41)37-14-5-3-6-15-37)44-30-33-49-48-21-11-12-23-53(48)58-54(49)36-44)28-31-46(50)47-32-29-43(35-51(47)55)57(40-18-7-4-8-19-40)52-22-13-17-39-16-9-10-20-45(39)52/h3-36H,1-2H3. The molecule has 10 aromatic rings. The van der Waals surface area contributed by atoms with E-state index in [1.54, 1.807) is 0 Å². The summed E-state index contributed by atoms with van der Waals surface area (Å²) in [4.78, 5) is 4.85. The molecule has 276 valence electrons. The van der Waals surface area contributed by atoms with Gasteiger partial charge in [-0.2, -0.15) is 0 Å². The Kier molecular flexibility index (Phi) is 8.06. The van der Waals surface area contributed by atoms with Crippen LogP contribution < -0.4 is 9.80 Å². The van der Waals surface area contributed by atoms with E-state index < -0.39 is 0 Å². The van der Waals surface area contributed by atoms with Crippen molar-refractivity contribution in [3.63, 3.8) is 0 Å². The van der Waals surface area contributed by atoms with Gasteiger partial charge in [-0.15, -0.1) is 11.3 Å². The first-order chi connectivity index (χ1) is 28.5. The van der Waals surface area contributed by atoms with E-state index in [4.69, 9.17) is 0 Å². The predicted molar refractivity (Wildman–Crippen MR) is 249 cm³/mol. The Morgan fingerprint density at radius 2 is 0.879 bits per heavy atom. The van der Waals surface area contributed by atoms with E-state index in [0.29, 0.717) is 0 Å². The Morgan fingerprint density at radius 3 is 1.62 bits per heavy atom. The highest BCUT2D eigenvalue weighted by Crippen LogP contribution is 2.53. The van der Waals surface area contributed by atoms with Crippen LogP contribution in [0, 0.1) is 0 Å². The van der Waals surface area contributed by atoms with Crippen LogP contribution in [-0.2, 0) is 5.41 Å². The molecule has 0 radical (unpaired) electrons. The molecule has 2 nitrogen and oxygen atoms in total. The molecule has 3 heteroatoms. The zero-order chi connectivity index (χ0) is 38.8. The maximum Gasteiger partial charge on any atom is 0.0540 e. The molecule has 1 aliphatic rings. The zero-order valence-electron chi connectivity index (χ0n) is 32.4. The molecule has 0 saturated heterocycles. The molecule has 11 rings (SSSR count). The lowest BCUT2D eigenvalue weighted by Gasteiger charge is -2.29. The van der Waals surface area contributed by atoms with Crippen LogP contribution >= 0.6 is 11.3 Å². The normalized spacial score (nSPS) is 12.8. The van der Waals surface area contributed by atoms with Crippen molar-refractivity contribution in [1.29, 1.82) is 0 Å². The Hall–Kier alpha value is -6.94. The van der Waals surface area contributed by atoms with Gasteiger partial charge < -0.3 is 9.80 Å². The summed E-state index contributed by atoms with van der Waals surface area (Å²) in [6, 6.07) is 75.6. The molecule has 0 fully saturated rings. The second kappa shape index (κ2) is 13.6. The number of fused-ring (bicyclic) bond motifs is 7. The van der Waals surface area contributed by atoms with Crippen molar-refractivity contribution in [2.24, 2.45) is 0 Å². The molecule has 1 heterocycles. The Labute approximate surface area is 343 Å². The lowest BCUT2D eigenvalue weighted by molar-refractivity contribution is 0.660. The number of benzene rings is 9. The van der Waals surface area contributed by atoms with E-state index in [0.717, 1.165) is 28.4 Å². The number of nitrogens with zero attached hydrogens (tertiary/aromatic N) is 2. The molecular weight excluding hydrogens is 721 g/mol. The van der Waals surface area contributed by atoms with E-state index in [1.807, 2.05) is 11.3 Å². The summed E-state index contributed by atoms with van der Waals surface area (Å²) < 4.78 is 2.61. The molecule has 1 aromatic heterocycles. The number of hydrogen-bond donors (Lipinski definition) is 0. The van der Waals surface area contributed by atoms with Crippen molar-refractivity contribution >= 4 is 76.4 Å². The van der Waals surface area contributed by atoms with E-state index in [-0.39, 0.29) is 5.41 Å². The van der Waals surface area contributed by atoms with Crippen LogP contribution in [0.1, 0.15) is 25.0 Å². The number of anilines is 6. The smallest absolute Gasteiger partial charge is 0.0540 e. The topological polar surface area (TPSA) is 6.48 Å². The molecule has 1 aliphatic carbocycles. The van der Waals surface area contributed by atoms with E-state index in [1.165, 1.54) is 70.0 Å². The average Bonchev–Trinajstić information content (AvgIpc) is 3.76. The Morgan fingerprint density at radius 1 is 0.362 bits per heavy atom. The minimum absolute atomic E-state index is 0.240. The van der Waals surface area contributed by atoms with Gasteiger partial charge >= 0.3 is 0 Å². The largest absolute Gasteiger partial charge is 0.310 e. The third kappa shape index (κ3) is 5.62. The summed E-state index contributed by atoms with van der Waals surface area (Å²) in [6.07, 6.45) is 0. The van der Waals surface area contributed by atoms with Crippen LogP contribution in [0.3, 0.4) is 0 Å². The number of hydrogen-bond acceptors (Lipinski definition) is 3. The van der Waals surface area contributed by atoms with Crippen molar-refractivity contribution < 1.29 is 0 Å². The van der Waals surface area contributed by atoms with Crippen LogP contribution in [0.25, 0.3) is 53.2 Å². The van der Waals surface area contributed by atoms with Crippen LogP contribution in [0.5, 0.6) is 0 Å². The minimum atomic E-state index is -0.240. The van der Waals surface area contributed by atoms with Gasteiger partial charge in [-0.05, 0) is 112 Å². The molecule has 0 saturated carbocycles. The van der Waals surface area contributed by atoms with Gasteiger partial charge in [-0.1, -0.05) is 147 Å². The van der Waals surface area contributed by atoms with Gasteiger partial charge in [-0.25, -0.2) is 0 Å². The van der Waals surface area contributed by atoms with Gasteiger partial charge in [0.2, 0.25) is 0 Å². The molecule has 0 bridgehead atoms. The lowest BCUT2D eigenvalue weighted by atomic mass is 9.82. The summed E-state index contributed by atoms with van der Waals surface area (Å²) in [7, 11) is 0. The maximum absolute atomic E-state index is 2.44. The van der Waals surface area contributed by atoms with Crippen LogP contribution in [-0.4, -0.2) is 0 Å². The van der Waals surface area contributed by atoms with Gasteiger partial charge in [0, 0.05) is 59.4 Å². The number of para-hydroxylation sites is 1. The molecular formula is C55H40N2S. The molecule has 0 spiro atoms. The van der Waals surface area contributed by atoms with Crippen molar-refractivity contribution in [3.05, 3.63) is 217 Å². The van der Waals surface area contributed by atoms with Crippen molar-refractivity contribution in [1.82, 2.24) is 0 Å². The van der Waals surface area contributed by atoms with Crippen molar-refractivity contribution in [2.45, 2.75) is 19.3 Å². The number of thiophene rings is 1. The summed E-state index contributed by atoms with van der Waals surface area (Å²) in [5.41, 5.74) is 14.3. The molecule has 0 aliphatic heterocycles. The molecule has 0 N–H and O–H groups in total. The predicted octanol–water partition coefficient (Wildman–Crippen LogP) is 16.1. The Balaban J connectivity index is 1.03. The first kappa shape index (κ1) is 34.3. The summed E-state index contributed by atoms with van der Waals surface area (Å²) in [6.45, 7) is 4.77. The van der Waals surface area contributed by atoms with Gasteiger partial charge in [-0.3, -0.25) is 0 Å². The van der Waals surface area contributed by atoms with Crippen LogP contribution in [0.15, 0.2) is 206 Å². The maximum atomic E-state index is 2.44. The first-order valence-electron chi connectivity index (χ1n) is 20.0. The SMILES string of the molecule is CC1(C)c2cc(N(c3ccc(-c4ccccc4)cc3)c3ccc4c(c3)sc3ccccc34)ccc2-c2ccc(N(c3ccccc3)c3cccc4ccccc34)cc21. The highest BCUT2D eigenvalue weighted by atomic mass is 32.1. The van der Waals surface area contributed by atoms with Crippen molar-refractivity contribution in [2.75, 3.05) is 9.80 Å². The number of rotatable bonds is 7. The Bertz CT molecular complexity index is 3140. The molecule has 9 aromatic carbocycles. The second-order valence-corrected chi connectivity index (χ2v) is 16.9. The van der Waals surface area contributed by atoms with Crippen LogP contribution in [0.4, 0.5) is 34.1 Å². The summed E-state index contributed by atoms with van der Waals surface area (Å²) >= 11 is 1.86. The second-order valence-electron chi connectivity index (χ2n) is 15.8. The fraction of sp³-hybridized carbons (Fsp3) is 0.0545. The van der Waals surface area contributed by atoms with Gasteiger partial charge in [0.1, 0.15) is 0 Å². The first-order valence-corrected chi connectivity index (χ1v) is 20.8. The molecule has 0 amide bonds. The highest BCUT2D eigenvalue weighted by molar-refractivity contribution is 7.25. The highest BCUT2D eigenvalue weighted by Gasteiger charge is 2.37. The lowest BCUT2D eigenvalue weighted by Crippen LogP contribution is -2.17. The zero-order valence-corrected chi connectivity index (χ0v) is 33.2. The van der Waals surface area contributed by atoms with E-state index in [2.05, 4.69) is 230 Å². The van der Waals surface area contributed by atoms with Gasteiger partial charge in [0.25, 0.3) is 0 Å². The quantitative estimate of drug-likeness (QED) is 0.160. The third-order valence-corrected chi connectivity index (χ3v) is 13.2. The minimum Gasteiger partial charge on any atom is -0.310 e. The van der Waals surface area contributed by atoms with Gasteiger partial charge in [0.05, 0.1) is 5.69 Å².